The molecule has 0 aliphatic carbocycles. The molecule has 2 aromatic heterocycles. The predicted molar refractivity (Wildman–Crippen MR) is 115 cm³/mol. The lowest BCUT2D eigenvalue weighted by Crippen LogP contribution is -2.49. The van der Waals surface area contributed by atoms with Crippen LogP contribution in [0.5, 0.6) is 0 Å². The first kappa shape index (κ1) is 19.2. The fourth-order valence-corrected chi connectivity index (χ4v) is 3.88. The van der Waals surface area contributed by atoms with Gasteiger partial charge in [-0.1, -0.05) is 30.3 Å². The van der Waals surface area contributed by atoms with E-state index in [9.17, 15) is 9.18 Å². The number of piperazine rings is 1. The average Bonchev–Trinajstić information content (AvgIpc) is 3.19. The molecule has 0 unspecified atom stereocenters. The zero-order valence-electron chi connectivity index (χ0n) is 16.9. The van der Waals surface area contributed by atoms with E-state index in [1.165, 1.54) is 12.1 Å². The average molecular weight is 416 g/mol. The van der Waals surface area contributed by atoms with Gasteiger partial charge < -0.3 is 9.80 Å². The van der Waals surface area contributed by atoms with Gasteiger partial charge in [-0.2, -0.15) is 5.10 Å². The third kappa shape index (κ3) is 3.84. The van der Waals surface area contributed by atoms with E-state index in [1.54, 1.807) is 30.6 Å². The number of fused-ring (bicyclic) bond motifs is 1. The van der Waals surface area contributed by atoms with Gasteiger partial charge in [0.05, 0.1) is 12.1 Å². The van der Waals surface area contributed by atoms with Crippen LogP contribution in [0.2, 0.25) is 0 Å². The summed E-state index contributed by atoms with van der Waals surface area (Å²) in [5, 5.41) is 5.48. The number of hydrogen-bond acceptors (Lipinski definition) is 5. The fraction of sp³-hybridized carbons (Fsp3) is 0.217. The van der Waals surface area contributed by atoms with Gasteiger partial charge in [-0.05, 0) is 29.8 Å². The number of rotatable bonds is 4. The first-order valence-electron chi connectivity index (χ1n) is 10.2. The molecular weight excluding hydrogens is 395 g/mol. The quantitative estimate of drug-likeness (QED) is 0.512. The van der Waals surface area contributed by atoms with E-state index >= 15 is 0 Å². The maximum atomic E-state index is 13.3. The molecule has 31 heavy (non-hydrogen) atoms. The largest absolute Gasteiger partial charge is 0.337 e. The van der Waals surface area contributed by atoms with Gasteiger partial charge in [-0.15, -0.1) is 0 Å². The van der Waals surface area contributed by atoms with Gasteiger partial charge in [0.25, 0.3) is 5.91 Å². The van der Waals surface area contributed by atoms with Gasteiger partial charge >= 0.3 is 0 Å². The minimum Gasteiger partial charge on any atom is -0.337 e. The summed E-state index contributed by atoms with van der Waals surface area (Å²) in [6.45, 7) is 2.97. The van der Waals surface area contributed by atoms with Crippen LogP contribution in [0, 0.1) is 5.82 Å². The third-order valence-corrected chi connectivity index (χ3v) is 5.51. The van der Waals surface area contributed by atoms with Crippen molar-refractivity contribution in [3.63, 3.8) is 0 Å². The molecule has 1 fully saturated rings. The second kappa shape index (κ2) is 8.14. The van der Waals surface area contributed by atoms with Gasteiger partial charge in [-0.3, -0.25) is 9.48 Å². The Morgan fingerprint density at radius 1 is 0.903 bits per heavy atom. The molecule has 156 valence electrons. The van der Waals surface area contributed by atoms with Crippen molar-refractivity contribution in [3.05, 3.63) is 84.1 Å². The number of carbonyl (C=O) groups excluding carboxylic acids is 1. The normalized spacial score (nSPS) is 14.2. The number of amides is 1. The zero-order valence-corrected chi connectivity index (χ0v) is 16.9. The van der Waals surface area contributed by atoms with E-state index < -0.39 is 0 Å². The molecule has 1 aliphatic heterocycles. The van der Waals surface area contributed by atoms with E-state index in [4.69, 9.17) is 0 Å². The summed E-state index contributed by atoms with van der Waals surface area (Å²) in [4.78, 5) is 25.8. The van der Waals surface area contributed by atoms with Crippen LogP contribution < -0.4 is 4.90 Å². The molecule has 0 spiro atoms. The van der Waals surface area contributed by atoms with Gasteiger partial charge in [0, 0.05) is 44.0 Å². The first-order chi connectivity index (χ1) is 15.2. The summed E-state index contributed by atoms with van der Waals surface area (Å²) in [6, 6.07) is 15.8. The monoisotopic (exact) mass is 416 g/mol. The molecule has 1 saturated heterocycles. The summed E-state index contributed by atoms with van der Waals surface area (Å²) < 4.78 is 15.1. The number of aromatic nitrogens is 4. The second-order valence-electron chi connectivity index (χ2n) is 7.48. The Labute approximate surface area is 178 Å². The van der Waals surface area contributed by atoms with Crippen molar-refractivity contribution in [3.8, 4) is 0 Å². The van der Waals surface area contributed by atoms with E-state index in [1.807, 2.05) is 33.8 Å². The molecule has 3 heterocycles. The molecule has 0 bridgehead atoms. The standard InChI is InChI=1S/C23H21FN6O/c24-18-8-6-17(7-9-18)16-30-20-5-2-1-4-19(20)21(27-30)22(31)28-12-14-29(15-13-28)23-25-10-3-11-26-23/h1-11H,12-16H2. The highest BCUT2D eigenvalue weighted by Crippen LogP contribution is 2.22. The minimum atomic E-state index is -0.273. The predicted octanol–water partition coefficient (Wildman–Crippen LogP) is 2.98. The summed E-state index contributed by atoms with van der Waals surface area (Å²) in [5.74, 6) is 0.330. The van der Waals surface area contributed by atoms with Crippen molar-refractivity contribution in [2.45, 2.75) is 6.54 Å². The van der Waals surface area contributed by atoms with Crippen LogP contribution in [0.3, 0.4) is 0 Å². The van der Waals surface area contributed by atoms with Crippen molar-refractivity contribution < 1.29 is 9.18 Å². The summed E-state index contributed by atoms with van der Waals surface area (Å²) in [7, 11) is 0. The molecule has 0 saturated carbocycles. The Balaban J connectivity index is 1.37. The number of anilines is 1. The van der Waals surface area contributed by atoms with E-state index in [0.29, 0.717) is 44.4 Å². The van der Waals surface area contributed by atoms with Crippen molar-refractivity contribution in [2.75, 3.05) is 31.1 Å². The maximum absolute atomic E-state index is 13.3. The van der Waals surface area contributed by atoms with Crippen molar-refractivity contribution >= 4 is 22.8 Å². The van der Waals surface area contributed by atoms with Crippen LogP contribution in [-0.2, 0) is 6.54 Å². The molecule has 1 amide bonds. The summed E-state index contributed by atoms with van der Waals surface area (Å²) in [6.07, 6.45) is 3.44. The number of para-hydroxylation sites is 1. The van der Waals surface area contributed by atoms with Crippen molar-refractivity contribution in [1.29, 1.82) is 0 Å². The topological polar surface area (TPSA) is 67.2 Å². The highest BCUT2D eigenvalue weighted by Gasteiger charge is 2.27. The van der Waals surface area contributed by atoms with Gasteiger partial charge in [-0.25, -0.2) is 14.4 Å². The second-order valence-corrected chi connectivity index (χ2v) is 7.48. The Kier molecular flexibility index (Phi) is 5.03. The number of carbonyl (C=O) groups is 1. The Morgan fingerprint density at radius 3 is 2.35 bits per heavy atom. The molecule has 2 aromatic carbocycles. The van der Waals surface area contributed by atoms with E-state index in [-0.39, 0.29) is 11.7 Å². The number of halogens is 1. The third-order valence-electron chi connectivity index (χ3n) is 5.51. The van der Waals surface area contributed by atoms with Gasteiger partial charge in [0.1, 0.15) is 5.82 Å². The lowest BCUT2D eigenvalue weighted by atomic mass is 10.1. The smallest absolute Gasteiger partial charge is 0.275 e. The molecule has 8 heteroatoms. The molecule has 0 radical (unpaired) electrons. The van der Waals surface area contributed by atoms with Crippen LogP contribution in [0.25, 0.3) is 10.9 Å². The van der Waals surface area contributed by atoms with E-state index in [2.05, 4.69) is 20.0 Å². The molecular formula is C23H21FN6O. The van der Waals surface area contributed by atoms with Crippen LogP contribution in [-0.4, -0.2) is 56.7 Å². The molecule has 5 rings (SSSR count). The van der Waals surface area contributed by atoms with Crippen LogP contribution in [0.15, 0.2) is 67.0 Å². The zero-order chi connectivity index (χ0) is 21.2. The molecule has 7 nitrogen and oxygen atoms in total. The number of benzene rings is 2. The fourth-order valence-electron chi connectivity index (χ4n) is 3.88. The Morgan fingerprint density at radius 2 is 1.61 bits per heavy atom. The maximum Gasteiger partial charge on any atom is 0.275 e. The first-order valence-corrected chi connectivity index (χ1v) is 10.2. The molecule has 1 aliphatic rings. The van der Waals surface area contributed by atoms with Gasteiger partial charge in [0.15, 0.2) is 5.69 Å². The highest BCUT2D eigenvalue weighted by atomic mass is 19.1. The SMILES string of the molecule is O=C(c1nn(Cc2ccc(F)cc2)c2ccccc12)N1CCN(c2ncccn2)CC1. The van der Waals surface area contributed by atoms with Crippen molar-refractivity contribution in [1.82, 2.24) is 24.6 Å². The Hall–Kier alpha value is -3.81. The lowest BCUT2D eigenvalue weighted by molar-refractivity contribution is 0.0741. The van der Waals surface area contributed by atoms with Crippen LogP contribution in [0.1, 0.15) is 16.1 Å². The van der Waals surface area contributed by atoms with E-state index in [0.717, 1.165) is 16.5 Å². The van der Waals surface area contributed by atoms with Crippen LogP contribution >= 0.6 is 0 Å². The summed E-state index contributed by atoms with van der Waals surface area (Å²) >= 11 is 0. The van der Waals surface area contributed by atoms with Crippen molar-refractivity contribution in [2.24, 2.45) is 0 Å². The number of nitrogens with zero attached hydrogens (tertiary/aromatic N) is 6. The summed E-state index contributed by atoms with van der Waals surface area (Å²) in [5.41, 5.74) is 2.25. The molecule has 0 atom stereocenters. The van der Waals surface area contributed by atoms with Gasteiger partial charge in [0.2, 0.25) is 5.95 Å². The highest BCUT2D eigenvalue weighted by molar-refractivity contribution is 6.05. The minimum absolute atomic E-state index is 0.0808. The molecule has 0 N–H and O–H groups in total. The Bertz CT molecular complexity index is 1200. The lowest BCUT2D eigenvalue weighted by Gasteiger charge is -2.34. The molecule has 4 aromatic rings. The van der Waals surface area contributed by atoms with Crippen LogP contribution in [0.4, 0.5) is 10.3 Å². The number of hydrogen-bond donors (Lipinski definition) is 0.